The average Bonchev–Trinajstić information content (AvgIpc) is 2.59. The van der Waals surface area contributed by atoms with Gasteiger partial charge in [0.05, 0.1) is 16.8 Å². The number of pyridine rings is 2. The molecule has 3 aromatic rings. The lowest BCUT2D eigenvalue weighted by atomic mass is 10.1. The normalized spacial score (nSPS) is 12.3. The van der Waals surface area contributed by atoms with Crippen molar-refractivity contribution >= 4 is 32.4 Å². The van der Waals surface area contributed by atoms with E-state index < -0.39 is 9.84 Å². The molecule has 3 heterocycles. The minimum absolute atomic E-state index is 0.0795. The largest absolute Gasteiger partial charge is 0.368 e. The molecule has 0 radical (unpaired) electrons. The highest BCUT2D eigenvalue weighted by atomic mass is 32.2. The average molecular weight is 417 g/mol. The summed E-state index contributed by atoms with van der Waals surface area (Å²) in [5.41, 5.74) is 6.17. The van der Waals surface area contributed by atoms with Crippen LogP contribution in [0.2, 0.25) is 0 Å². The van der Waals surface area contributed by atoms with Crippen molar-refractivity contribution in [2.75, 3.05) is 23.1 Å². The molecule has 0 aliphatic heterocycles. The van der Waals surface area contributed by atoms with Crippen LogP contribution < -0.4 is 16.6 Å². The molecule has 0 aliphatic carbocycles. The summed E-state index contributed by atoms with van der Waals surface area (Å²) in [6.07, 6.45) is 5.89. The van der Waals surface area contributed by atoms with Crippen LogP contribution in [0.3, 0.4) is 0 Å². The molecule has 0 unspecified atom stereocenters. The first-order valence-corrected chi connectivity index (χ1v) is 11.1. The number of anilines is 2. The number of hydrogen-bond acceptors (Lipinski definition) is 8. The van der Waals surface area contributed by atoms with Crippen LogP contribution in [0.4, 0.5) is 11.8 Å². The third-order valence-electron chi connectivity index (χ3n) is 4.12. The van der Waals surface area contributed by atoms with E-state index in [0.29, 0.717) is 27.8 Å². The van der Waals surface area contributed by atoms with Gasteiger partial charge >= 0.3 is 0 Å². The minimum atomic E-state index is -3.19. The quantitative estimate of drug-likeness (QED) is 0.642. The van der Waals surface area contributed by atoms with Crippen molar-refractivity contribution in [3.63, 3.8) is 0 Å². The number of sulfone groups is 1. The van der Waals surface area contributed by atoms with Gasteiger partial charge in [0.25, 0.3) is 5.56 Å². The van der Waals surface area contributed by atoms with Gasteiger partial charge in [0.2, 0.25) is 5.95 Å². The third kappa shape index (κ3) is 5.08. The number of fused-ring (bicyclic) bond motifs is 1. The Labute approximate surface area is 168 Å². The van der Waals surface area contributed by atoms with E-state index in [4.69, 9.17) is 5.73 Å². The Morgan fingerprint density at radius 2 is 1.86 bits per heavy atom. The monoisotopic (exact) mass is 416 g/mol. The fourth-order valence-corrected chi connectivity index (χ4v) is 3.34. The first-order chi connectivity index (χ1) is 13.4. The maximum absolute atomic E-state index is 13.1. The first kappa shape index (κ1) is 20.7. The molecule has 0 aliphatic rings. The summed E-state index contributed by atoms with van der Waals surface area (Å²) in [5, 5.41) is 4.36. The standard InChI is InChI=1S/C19H24N6O3S/c1-19(2,3)24-16-15-12(5-6-25(17(15)26)7-8-29(4,27)28)9-14(23-16)13-10-21-18(20)22-11-13/h5-6,9-11H,7-8H2,1-4H3,(H,23,24)(H2,20,21,22). The topological polar surface area (TPSA) is 133 Å². The maximum atomic E-state index is 13.1. The van der Waals surface area contributed by atoms with Gasteiger partial charge in [0, 0.05) is 42.5 Å². The van der Waals surface area contributed by atoms with Gasteiger partial charge in [0.15, 0.2) is 0 Å². The maximum Gasteiger partial charge on any atom is 0.262 e. The molecule has 3 rings (SSSR count). The molecule has 29 heavy (non-hydrogen) atoms. The van der Waals surface area contributed by atoms with Crippen molar-refractivity contribution in [1.29, 1.82) is 0 Å². The van der Waals surface area contributed by atoms with Gasteiger partial charge in [-0.05, 0) is 38.3 Å². The summed E-state index contributed by atoms with van der Waals surface area (Å²) in [6.45, 7) is 5.97. The van der Waals surface area contributed by atoms with Gasteiger partial charge < -0.3 is 15.6 Å². The number of hydrogen-bond donors (Lipinski definition) is 2. The van der Waals surface area contributed by atoms with E-state index in [2.05, 4.69) is 20.3 Å². The van der Waals surface area contributed by atoms with Crippen molar-refractivity contribution in [2.24, 2.45) is 0 Å². The Hall–Kier alpha value is -3.01. The Bertz CT molecular complexity index is 1210. The second kappa shape index (κ2) is 7.43. The highest BCUT2D eigenvalue weighted by Crippen LogP contribution is 2.27. The van der Waals surface area contributed by atoms with Gasteiger partial charge in [0.1, 0.15) is 15.7 Å². The minimum Gasteiger partial charge on any atom is -0.368 e. The Balaban J connectivity index is 2.19. The first-order valence-electron chi connectivity index (χ1n) is 9.01. The highest BCUT2D eigenvalue weighted by molar-refractivity contribution is 7.90. The summed E-state index contributed by atoms with van der Waals surface area (Å²) in [5.74, 6) is 0.464. The molecule has 9 nitrogen and oxygen atoms in total. The second-order valence-electron chi connectivity index (χ2n) is 7.97. The molecule has 3 aromatic heterocycles. The molecule has 0 atom stereocenters. The summed E-state index contributed by atoms with van der Waals surface area (Å²) in [6, 6.07) is 3.55. The van der Waals surface area contributed by atoms with E-state index in [9.17, 15) is 13.2 Å². The molecule has 0 aromatic carbocycles. The second-order valence-corrected chi connectivity index (χ2v) is 10.2. The molecule has 3 N–H and O–H groups in total. The molecular formula is C19H24N6O3S. The molecule has 0 bridgehead atoms. The summed E-state index contributed by atoms with van der Waals surface area (Å²) < 4.78 is 24.4. The molecule has 154 valence electrons. The zero-order valence-electron chi connectivity index (χ0n) is 16.8. The Morgan fingerprint density at radius 1 is 1.21 bits per heavy atom. The number of aryl methyl sites for hydroxylation is 1. The van der Waals surface area contributed by atoms with E-state index in [1.165, 1.54) is 4.57 Å². The molecule has 0 saturated heterocycles. The lowest BCUT2D eigenvalue weighted by Crippen LogP contribution is -2.29. The van der Waals surface area contributed by atoms with Crippen molar-refractivity contribution in [3.8, 4) is 11.3 Å². The van der Waals surface area contributed by atoms with E-state index in [1.807, 2.05) is 20.8 Å². The molecule has 0 spiro atoms. The number of nitrogens with one attached hydrogen (secondary N) is 1. The number of rotatable bonds is 5. The summed E-state index contributed by atoms with van der Waals surface area (Å²) in [4.78, 5) is 25.7. The zero-order chi connectivity index (χ0) is 21.4. The molecule has 0 amide bonds. The van der Waals surface area contributed by atoms with Crippen LogP contribution in [0.25, 0.3) is 22.0 Å². The van der Waals surface area contributed by atoms with Crippen LogP contribution in [0.5, 0.6) is 0 Å². The van der Waals surface area contributed by atoms with E-state index in [0.717, 1.165) is 6.26 Å². The van der Waals surface area contributed by atoms with Gasteiger partial charge in [-0.25, -0.2) is 23.4 Å². The van der Waals surface area contributed by atoms with Gasteiger partial charge in [-0.15, -0.1) is 0 Å². The van der Waals surface area contributed by atoms with Crippen molar-refractivity contribution in [1.82, 2.24) is 19.5 Å². The fraction of sp³-hybridized carbons (Fsp3) is 0.368. The number of nitrogens with zero attached hydrogens (tertiary/aromatic N) is 4. The van der Waals surface area contributed by atoms with E-state index in [1.54, 1.807) is 30.7 Å². The van der Waals surface area contributed by atoms with Gasteiger partial charge in [-0.3, -0.25) is 4.79 Å². The number of nitrogens with two attached hydrogens (primary N) is 1. The van der Waals surface area contributed by atoms with Crippen LogP contribution in [-0.2, 0) is 16.4 Å². The van der Waals surface area contributed by atoms with Crippen LogP contribution in [0, 0.1) is 0 Å². The van der Waals surface area contributed by atoms with Gasteiger partial charge in [-0.2, -0.15) is 0 Å². The number of aromatic nitrogens is 4. The van der Waals surface area contributed by atoms with Crippen molar-refractivity contribution in [2.45, 2.75) is 32.9 Å². The molecule has 10 heteroatoms. The molecular weight excluding hydrogens is 392 g/mol. The zero-order valence-corrected chi connectivity index (χ0v) is 17.6. The van der Waals surface area contributed by atoms with Crippen LogP contribution in [-0.4, -0.2) is 45.5 Å². The third-order valence-corrected chi connectivity index (χ3v) is 5.05. The Kier molecular flexibility index (Phi) is 5.31. The predicted molar refractivity (Wildman–Crippen MR) is 115 cm³/mol. The number of nitrogen functional groups attached to an aromatic ring is 1. The molecule has 0 saturated carbocycles. The predicted octanol–water partition coefficient (Wildman–Crippen LogP) is 1.69. The van der Waals surface area contributed by atoms with Crippen molar-refractivity contribution in [3.05, 3.63) is 41.1 Å². The fourth-order valence-electron chi connectivity index (χ4n) is 2.81. The lowest BCUT2D eigenvalue weighted by Gasteiger charge is -2.23. The smallest absolute Gasteiger partial charge is 0.262 e. The van der Waals surface area contributed by atoms with Crippen molar-refractivity contribution < 1.29 is 8.42 Å². The van der Waals surface area contributed by atoms with Gasteiger partial charge in [-0.1, -0.05) is 0 Å². The van der Waals surface area contributed by atoms with Crippen LogP contribution >= 0.6 is 0 Å². The SMILES string of the molecule is CC(C)(C)Nc1nc(-c2cnc(N)nc2)cc2ccn(CCS(C)(=O)=O)c(=O)c12. The van der Waals surface area contributed by atoms with E-state index >= 15 is 0 Å². The summed E-state index contributed by atoms with van der Waals surface area (Å²) >= 11 is 0. The highest BCUT2D eigenvalue weighted by Gasteiger charge is 2.18. The van der Waals surface area contributed by atoms with Crippen LogP contribution in [0.15, 0.2) is 35.5 Å². The Morgan fingerprint density at radius 3 is 2.45 bits per heavy atom. The summed E-state index contributed by atoms with van der Waals surface area (Å²) in [7, 11) is -3.19. The lowest BCUT2D eigenvalue weighted by molar-refractivity contribution is 0.593. The van der Waals surface area contributed by atoms with Crippen LogP contribution in [0.1, 0.15) is 20.8 Å². The van der Waals surface area contributed by atoms with E-state index in [-0.39, 0.29) is 29.3 Å². The molecule has 0 fully saturated rings.